The zero-order valence-electron chi connectivity index (χ0n) is 19.8. The number of fused-ring (bicyclic) bond motifs is 1. The fourth-order valence-corrected chi connectivity index (χ4v) is 4.84. The second-order valence-corrected chi connectivity index (χ2v) is 9.23. The fraction of sp³-hybridized carbons (Fsp3) is 0.259. The quantitative estimate of drug-likeness (QED) is 0.546. The molecule has 3 atom stereocenters. The Morgan fingerprint density at radius 3 is 2.09 bits per heavy atom. The van der Waals surface area contributed by atoms with E-state index in [1.807, 2.05) is 84.6 Å². The third kappa shape index (κ3) is 5.04. The van der Waals surface area contributed by atoms with Crippen molar-refractivity contribution in [1.29, 1.82) is 0 Å². The van der Waals surface area contributed by atoms with Crippen LogP contribution in [0.4, 0.5) is 17.1 Å². The number of carbonyl (C=O) groups is 2. The minimum absolute atomic E-state index is 0. The van der Waals surface area contributed by atoms with Gasteiger partial charge in [-0.15, -0.1) is 0 Å². The lowest BCUT2D eigenvalue weighted by molar-refractivity contribution is -0.774. The van der Waals surface area contributed by atoms with Crippen LogP contribution in [0.2, 0.25) is 5.02 Å². The van der Waals surface area contributed by atoms with Crippen molar-refractivity contribution < 1.29 is 31.5 Å². The summed E-state index contributed by atoms with van der Waals surface area (Å²) in [6, 6.07) is 22.8. The van der Waals surface area contributed by atoms with E-state index in [-0.39, 0.29) is 40.9 Å². The van der Waals surface area contributed by atoms with Gasteiger partial charge in [0.2, 0.25) is 5.91 Å². The molecule has 0 saturated carbocycles. The summed E-state index contributed by atoms with van der Waals surface area (Å²) in [5, 5.41) is 0.626. The molecule has 2 amide bonds. The molecule has 0 radical (unpaired) electrons. The minimum Gasteiger partial charge on any atom is -1.00 e. The third-order valence-corrected chi connectivity index (χ3v) is 6.58. The molecule has 1 heterocycles. The van der Waals surface area contributed by atoms with Crippen LogP contribution in [-0.2, 0) is 4.79 Å². The Kier molecular flexibility index (Phi) is 8.18. The number of benzene rings is 3. The standard InChI is InChI=1S/C27H28ClN3O2.BrH/c1-18-17-26(31(19(2)32)23-15-11-21(28)12-16-23)24-7-5-6-8-25(24)30(18)27(33)20-9-13-22(14-10-20)29(3)4;/h5-16,18,26H,17H2,1-4H3;1H/t18-,26?;/m0./s1. The van der Waals surface area contributed by atoms with Crippen molar-refractivity contribution in [3.05, 3.63) is 88.9 Å². The van der Waals surface area contributed by atoms with Gasteiger partial charge in [-0.25, -0.2) is 9.69 Å². The predicted octanol–water partition coefficient (Wildman–Crippen LogP) is 1.65. The van der Waals surface area contributed by atoms with Gasteiger partial charge in [-0.2, -0.15) is 0 Å². The summed E-state index contributed by atoms with van der Waals surface area (Å²) in [7, 11) is 3.96. The summed E-state index contributed by atoms with van der Waals surface area (Å²) in [5.74, 6) is -0.00190. The Balaban J connectivity index is 0.00000324. The molecular weight excluding hydrogens is 514 g/mol. The van der Waals surface area contributed by atoms with Gasteiger partial charge in [0, 0.05) is 49.4 Å². The van der Waals surface area contributed by atoms with E-state index in [0.717, 1.165) is 27.5 Å². The molecule has 178 valence electrons. The van der Waals surface area contributed by atoms with E-state index in [9.17, 15) is 9.59 Å². The summed E-state index contributed by atoms with van der Waals surface area (Å²) in [6.45, 7) is 3.66. The number of amides is 2. The summed E-state index contributed by atoms with van der Waals surface area (Å²) in [6.07, 6.45) is 0.663. The average Bonchev–Trinajstić information content (AvgIpc) is 2.80. The number of para-hydroxylation sites is 1. The Morgan fingerprint density at radius 1 is 0.912 bits per heavy atom. The summed E-state index contributed by atoms with van der Waals surface area (Å²) in [5.41, 5.74) is 4.44. The maximum Gasteiger partial charge on any atom is 0.349 e. The number of carbonyl (C=O) groups excluding carboxylic acids is 2. The molecule has 34 heavy (non-hydrogen) atoms. The average molecular weight is 543 g/mol. The van der Waals surface area contributed by atoms with Crippen molar-refractivity contribution in [2.45, 2.75) is 32.4 Å². The minimum atomic E-state index is -0.164. The van der Waals surface area contributed by atoms with Crippen LogP contribution in [0.5, 0.6) is 0 Å². The summed E-state index contributed by atoms with van der Waals surface area (Å²) in [4.78, 5) is 31.0. The molecule has 0 aromatic heterocycles. The molecule has 2 unspecified atom stereocenters. The van der Waals surface area contributed by atoms with E-state index < -0.39 is 0 Å². The predicted molar refractivity (Wildman–Crippen MR) is 134 cm³/mol. The molecule has 1 aliphatic rings. The molecular formula is C27H29BrClN3O2. The van der Waals surface area contributed by atoms with Crippen molar-refractivity contribution in [2.24, 2.45) is 0 Å². The number of rotatable bonds is 4. The lowest BCUT2D eigenvalue weighted by atomic mass is 9.89. The molecule has 5 nitrogen and oxygen atoms in total. The first-order chi connectivity index (χ1) is 15.8. The first-order valence-electron chi connectivity index (χ1n) is 11.1. The Morgan fingerprint density at radius 2 is 1.50 bits per heavy atom. The smallest absolute Gasteiger partial charge is 0.349 e. The molecule has 0 aliphatic carbocycles. The molecule has 1 aliphatic heterocycles. The van der Waals surface area contributed by atoms with Crippen LogP contribution in [0.25, 0.3) is 0 Å². The van der Waals surface area contributed by atoms with Crippen molar-refractivity contribution in [3.63, 3.8) is 0 Å². The van der Waals surface area contributed by atoms with Gasteiger partial charge in [-0.3, -0.25) is 4.79 Å². The monoisotopic (exact) mass is 541 g/mol. The van der Waals surface area contributed by atoms with Crippen LogP contribution < -0.4 is 31.7 Å². The van der Waals surface area contributed by atoms with E-state index in [1.165, 1.54) is 0 Å². The highest BCUT2D eigenvalue weighted by atomic mass is 79.9. The van der Waals surface area contributed by atoms with E-state index >= 15 is 0 Å². The van der Waals surface area contributed by atoms with Crippen LogP contribution in [0.15, 0.2) is 72.8 Å². The number of hydrogen-bond acceptors (Lipinski definition) is 3. The molecule has 1 N–H and O–H groups in total. The molecule has 0 bridgehead atoms. The second kappa shape index (κ2) is 10.7. The van der Waals surface area contributed by atoms with Crippen LogP contribution in [0, 0.1) is 0 Å². The fourth-order valence-electron chi connectivity index (χ4n) is 4.72. The van der Waals surface area contributed by atoms with Crippen molar-refractivity contribution in [1.82, 2.24) is 0 Å². The molecule has 7 heteroatoms. The Labute approximate surface area is 216 Å². The topological polar surface area (TPSA) is 45.1 Å². The largest absolute Gasteiger partial charge is 1.00 e. The van der Waals surface area contributed by atoms with Crippen molar-refractivity contribution >= 4 is 40.5 Å². The van der Waals surface area contributed by atoms with Crippen LogP contribution in [-0.4, -0.2) is 32.0 Å². The Hall–Kier alpha value is -2.67. The van der Waals surface area contributed by atoms with Gasteiger partial charge in [0.15, 0.2) is 0 Å². The van der Waals surface area contributed by atoms with Gasteiger partial charge in [-0.05, 0) is 61.5 Å². The lowest BCUT2D eigenvalue weighted by Crippen LogP contribution is -3.14. The highest BCUT2D eigenvalue weighted by molar-refractivity contribution is 6.30. The van der Waals surface area contributed by atoms with Gasteiger partial charge in [0.05, 0.1) is 17.6 Å². The van der Waals surface area contributed by atoms with E-state index in [2.05, 4.69) is 6.92 Å². The molecule has 3 aromatic carbocycles. The maximum absolute atomic E-state index is 13.6. The van der Waals surface area contributed by atoms with E-state index in [0.29, 0.717) is 17.0 Å². The van der Waals surface area contributed by atoms with Gasteiger partial charge in [0.1, 0.15) is 5.69 Å². The molecule has 4 rings (SSSR count). The van der Waals surface area contributed by atoms with Crippen molar-refractivity contribution in [3.8, 4) is 0 Å². The SMILES string of the molecule is CC(=O)N(c1ccc(Cl)cc1)C1C[C@H](C)[NH+](C(=O)c2ccc(N(C)C)cc2)c2ccccc21.[Br-]. The number of nitrogens with one attached hydrogen (secondary N) is 1. The molecule has 0 saturated heterocycles. The normalized spacial score (nSPS) is 18.9. The maximum atomic E-state index is 13.6. The number of anilines is 2. The number of nitrogens with zero attached hydrogens (tertiary/aromatic N) is 2. The van der Waals surface area contributed by atoms with Gasteiger partial charge in [0.25, 0.3) is 0 Å². The van der Waals surface area contributed by atoms with Crippen LogP contribution in [0.1, 0.15) is 42.2 Å². The van der Waals surface area contributed by atoms with E-state index in [4.69, 9.17) is 11.6 Å². The summed E-state index contributed by atoms with van der Waals surface area (Å²) >= 11 is 6.08. The van der Waals surface area contributed by atoms with Crippen LogP contribution in [0.3, 0.4) is 0 Å². The van der Waals surface area contributed by atoms with Crippen molar-refractivity contribution in [2.75, 3.05) is 23.9 Å². The van der Waals surface area contributed by atoms with E-state index in [1.54, 1.807) is 19.1 Å². The van der Waals surface area contributed by atoms with Gasteiger partial charge in [-0.1, -0.05) is 29.8 Å². The molecule has 0 fully saturated rings. The first kappa shape index (κ1) is 25.9. The molecule has 0 spiro atoms. The van der Waals surface area contributed by atoms with Gasteiger partial charge < -0.3 is 26.8 Å². The lowest BCUT2D eigenvalue weighted by Gasteiger charge is -2.39. The summed E-state index contributed by atoms with van der Waals surface area (Å²) < 4.78 is 0. The zero-order chi connectivity index (χ0) is 23.7. The first-order valence-corrected chi connectivity index (χ1v) is 11.5. The Bertz CT molecular complexity index is 1170. The third-order valence-electron chi connectivity index (χ3n) is 6.33. The number of quaternary nitrogens is 1. The zero-order valence-corrected chi connectivity index (χ0v) is 22.1. The molecule has 3 aromatic rings. The number of halogens is 2. The highest BCUT2D eigenvalue weighted by Crippen LogP contribution is 2.37. The van der Waals surface area contributed by atoms with Gasteiger partial charge >= 0.3 is 5.91 Å². The highest BCUT2D eigenvalue weighted by Gasteiger charge is 2.42. The van der Waals surface area contributed by atoms with Crippen LogP contribution >= 0.6 is 11.6 Å². The second-order valence-electron chi connectivity index (χ2n) is 8.79. The number of hydrogen-bond donors (Lipinski definition) is 1.